The van der Waals surface area contributed by atoms with Gasteiger partial charge in [0.05, 0.1) is 50.6 Å². The number of para-hydroxylation sites is 2. The zero-order valence-electron chi connectivity index (χ0n) is 78.9. The van der Waals surface area contributed by atoms with E-state index in [9.17, 15) is 0 Å². The van der Waals surface area contributed by atoms with Crippen molar-refractivity contribution in [1.82, 2.24) is 71.8 Å². The van der Waals surface area contributed by atoms with Gasteiger partial charge in [-0.3, -0.25) is 15.0 Å². The molecule has 27 aromatic rings. The summed E-state index contributed by atoms with van der Waals surface area (Å²) >= 11 is 0. The van der Waals surface area contributed by atoms with E-state index in [4.69, 9.17) is 59.1 Å². The first-order chi connectivity index (χ1) is 68.4. The summed E-state index contributed by atoms with van der Waals surface area (Å²) in [5.41, 5.74) is 25.1. The van der Waals surface area contributed by atoms with E-state index in [1.165, 1.54) is 22.3 Å². The van der Waals surface area contributed by atoms with E-state index in [0.29, 0.717) is 34.5 Å². The molecule has 0 bridgehead atoms. The van der Waals surface area contributed by atoms with E-state index in [0.717, 1.165) is 205 Å². The molecule has 696 valence electrons. The first-order valence-corrected chi connectivity index (χ1v) is 46.7. The molecule has 0 amide bonds. The molecule has 12 aromatic carbocycles. The van der Waals surface area contributed by atoms with Gasteiger partial charge in [0, 0.05) is 139 Å². The molecule has 15 aromatic heterocycles. The van der Waals surface area contributed by atoms with E-state index in [1.54, 1.807) is 0 Å². The summed E-state index contributed by atoms with van der Waals surface area (Å²) in [6.45, 7) is 19.7. The van der Waals surface area contributed by atoms with E-state index in [-0.39, 0.29) is 74.0 Å². The molecular weight excluding hydrogens is 2310 g/mol. The van der Waals surface area contributed by atoms with Crippen LogP contribution in [0, 0.1) is 57.2 Å². The smallest absolute Gasteiger partial charge is 0.503 e. The SMILES string of the molecule is Cc1ccccc1-c1cn2c(n1)c1[c-]c(Oc3[c-]c(-n4c5cc(C(C)(C)C)ccc5c5cccnc54)ccc3)ccc1c1cccnc12.Cc1ccccc1-c1cn2c(n1)c1[c-]c(Oc3[c-]c(-n4c5ccccc5c5cccnc54)cc(C(C)(C)C)c3)ccc1c1cccnc12.Cc1ccccc1-c1cn2c(n1)c1[c-]c(Oc3[c-]c(-n4c5ccccc5c5cccnc54)ccc3)ccc1c1cccnc12.[Pt+2].[Pt+2].[Pt+2]. The Labute approximate surface area is 865 Å². The van der Waals surface area contributed by atoms with Crippen LogP contribution in [0.3, 0.4) is 0 Å². The van der Waals surface area contributed by atoms with Crippen molar-refractivity contribution in [3.63, 3.8) is 0 Å². The third-order valence-electron chi connectivity index (χ3n) is 26.6. The zero-order valence-corrected chi connectivity index (χ0v) is 85.7. The van der Waals surface area contributed by atoms with Crippen LogP contribution in [0.15, 0.2) is 353 Å². The van der Waals surface area contributed by atoms with Crippen molar-refractivity contribution >= 4 is 148 Å². The number of aromatic nitrogens is 15. The van der Waals surface area contributed by atoms with Crippen LogP contribution < -0.4 is 14.2 Å². The first-order valence-electron chi connectivity index (χ1n) is 46.7. The van der Waals surface area contributed by atoms with Gasteiger partial charge in [-0.05, 0) is 143 Å². The van der Waals surface area contributed by atoms with Crippen molar-refractivity contribution in [1.29, 1.82) is 0 Å². The number of benzene rings is 12. The molecule has 15 heterocycles. The maximum Gasteiger partial charge on any atom is 2.00 e. The fraction of sp³-hybridized carbons (Fsp3) is 0.0902. The van der Waals surface area contributed by atoms with Gasteiger partial charge in [0.15, 0.2) is 0 Å². The molecule has 0 fully saturated rings. The number of hydrogen-bond donors (Lipinski definition) is 0. The van der Waals surface area contributed by atoms with Gasteiger partial charge in [0.25, 0.3) is 0 Å². The van der Waals surface area contributed by atoms with Crippen LogP contribution in [-0.4, -0.2) is 71.8 Å². The van der Waals surface area contributed by atoms with Crippen LogP contribution in [-0.2, 0) is 74.0 Å². The molecule has 0 aliphatic rings. The van der Waals surface area contributed by atoms with Gasteiger partial charge in [0.2, 0.25) is 0 Å². The van der Waals surface area contributed by atoms with Gasteiger partial charge in [-0.25, -0.2) is 29.9 Å². The average Bonchev–Trinajstić information content (AvgIpc) is 1.63. The Bertz CT molecular complexity index is 9660. The van der Waals surface area contributed by atoms with Gasteiger partial charge >= 0.3 is 63.2 Å². The van der Waals surface area contributed by atoms with Gasteiger partial charge in [-0.15, -0.1) is 96.6 Å². The number of fused-ring (bicyclic) bond motifs is 27. The monoisotopic (exact) mass is 2390 g/mol. The van der Waals surface area contributed by atoms with Crippen molar-refractivity contribution < 1.29 is 77.4 Å². The summed E-state index contributed by atoms with van der Waals surface area (Å²) in [5, 5.41) is 15.5. The molecule has 27 rings (SSSR count). The van der Waals surface area contributed by atoms with Crippen LogP contribution in [0.2, 0.25) is 0 Å². The fourth-order valence-corrected chi connectivity index (χ4v) is 19.7. The molecule has 0 radical (unpaired) electrons. The van der Waals surface area contributed by atoms with Crippen molar-refractivity contribution in [3.05, 3.63) is 417 Å². The molecule has 0 unspecified atom stereocenters. The number of rotatable bonds is 12. The molecular formula is C122H85N15O3Pt3. The topological polar surface area (TPSA) is 172 Å². The molecule has 0 aliphatic carbocycles. The standard InChI is InChI=1S/2C42H31N5O.C38H23N5O.3Pt/c1-26-10-5-6-13-31(26)37-25-46-39-34(14-8-20-43-39)32-19-17-30(24-36(32)41(46)45-37)48-29-12-7-11-28(23-29)47-38-22-27(42(2,3)4)16-18-33(38)35-15-9-21-44-40(35)47;1-26-11-5-6-12-31(26)37-25-46-39-34(14-9-19-43-39)32-18-17-29(24-36(32)41(46)45-37)48-30-22-27(42(2,3)4)21-28(23-30)47-38-16-8-7-13-33(38)35-15-10-20-44-40(35)47;1-24-9-2-3-12-28(24)34-23-42-36-31(14-7-19-39-36)29-18-17-27(22-33(29)38(42)41-34)44-26-11-6-10-25(21-26)43-35-16-5-4-13-30(35)32-15-8-20-40-37(32)43;;;/h2*5-22,25H,1-4H3;2-20,23H,1H3;;;/q3*-2;3*+2. The number of pyridine rings is 9. The Morgan fingerprint density at radius 3 is 0.909 bits per heavy atom. The van der Waals surface area contributed by atoms with Crippen LogP contribution in [0.4, 0.5) is 0 Å². The molecule has 0 spiro atoms. The van der Waals surface area contributed by atoms with Crippen LogP contribution in [0.25, 0.3) is 199 Å². The van der Waals surface area contributed by atoms with Crippen LogP contribution >= 0.6 is 0 Å². The molecule has 18 nitrogen and oxygen atoms in total. The Hall–Kier alpha value is -16.0. The van der Waals surface area contributed by atoms with Crippen molar-refractivity contribution in [3.8, 4) is 85.3 Å². The average molecular weight is 2390 g/mol. The van der Waals surface area contributed by atoms with E-state index in [2.05, 4.69) is 314 Å². The summed E-state index contributed by atoms with van der Waals surface area (Å²) < 4.78 is 32.3. The summed E-state index contributed by atoms with van der Waals surface area (Å²) in [4.78, 5) is 43.9. The minimum Gasteiger partial charge on any atom is -0.503 e. The molecule has 21 heteroatoms. The van der Waals surface area contributed by atoms with Crippen molar-refractivity contribution in [2.45, 2.75) is 73.1 Å². The molecule has 0 atom stereocenters. The van der Waals surface area contributed by atoms with Gasteiger partial charge in [0.1, 0.15) is 33.9 Å². The first kappa shape index (κ1) is 92.1. The van der Waals surface area contributed by atoms with Crippen molar-refractivity contribution in [2.24, 2.45) is 0 Å². The van der Waals surface area contributed by atoms with Crippen LogP contribution in [0.5, 0.6) is 34.5 Å². The van der Waals surface area contributed by atoms with E-state index in [1.807, 2.05) is 165 Å². The summed E-state index contributed by atoms with van der Waals surface area (Å²) in [5.74, 6) is 3.53. The quantitative estimate of drug-likeness (QED) is 0.0838. The predicted octanol–water partition coefficient (Wildman–Crippen LogP) is 29.3. The number of nitrogens with zero attached hydrogens (tertiary/aromatic N) is 15. The van der Waals surface area contributed by atoms with Gasteiger partial charge in [-0.1, -0.05) is 249 Å². The number of ether oxygens (including phenoxy) is 3. The molecule has 0 N–H and O–H groups in total. The molecule has 143 heavy (non-hydrogen) atoms. The summed E-state index contributed by atoms with van der Waals surface area (Å²) in [6.07, 6.45) is 17.2. The molecule has 0 saturated heterocycles. The molecule has 0 aliphatic heterocycles. The third-order valence-corrected chi connectivity index (χ3v) is 26.6. The van der Waals surface area contributed by atoms with Gasteiger partial charge < -0.3 is 41.1 Å². The van der Waals surface area contributed by atoms with E-state index < -0.39 is 0 Å². The number of hydrogen-bond acceptors (Lipinski definition) is 12. The second kappa shape index (κ2) is 36.9. The third kappa shape index (κ3) is 16.3. The fourth-order valence-electron chi connectivity index (χ4n) is 19.7. The second-order valence-electron chi connectivity index (χ2n) is 37.5. The molecule has 0 saturated carbocycles. The number of imidazole rings is 3. The second-order valence-corrected chi connectivity index (χ2v) is 37.5. The zero-order chi connectivity index (χ0) is 94.3. The maximum atomic E-state index is 6.66. The Morgan fingerprint density at radius 2 is 0.531 bits per heavy atom. The summed E-state index contributed by atoms with van der Waals surface area (Å²) in [6, 6.07) is 122. The summed E-state index contributed by atoms with van der Waals surface area (Å²) in [7, 11) is 0. The number of aryl methyl sites for hydroxylation is 3. The maximum absolute atomic E-state index is 6.66. The minimum atomic E-state index is -0.138. The Kier molecular flexibility index (Phi) is 23.8. The van der Waals surface area contributed by atoms with E-state index >= 15 is 0 Å². The Morgan fingerprint density at radius 1 is 0.231 bits per heavy atom. The van der Waals surface area contributed by atoms with Crippen LogP contribution in [0.1, 0.15) is 69.4 Å². The predicted molar refractivity (Wildman–Crippen MR) is 561 cm³/mol. The Balaban J connectivity index is 0.000000122. The minimum absolute atomic E-state index is 0. The normalized spacial score (nSPS) is 11.8. The largest absolute Gasteiger partial charge is 2.00 e. The van der Waals surface area contributed by atoms with Gasteiger partial charge in [-0.2, -0.15) is 12.1 Å². The van der Waals surface area contributed by atoms with Crippen molar-refractivity contribution in [2.75, 3.05) is 0 Å².